The van der Waals surface area contributed by atoms with E-state index in [1.807, 2.05) is 66.7 Å². The molecule has 0 saturated carbocycles. The summed E-state index contributed by atoms with van der Waals surface area (Å²) in [5.41, 5.74) is 2.35. The highest BCUT2D eigenvalue weighted by atomic mass is 16.5. The molecule has 1 N–H and O–H groups in total. The largest absolute Gasteiger partial charge is 0.497 e. The molecule has 6 nitrogen and oxygen atoms in total. The van der Waals surface area contributed by atoms with Crippen LogP contribution in [0.15, 0.2) is 78.9 Å². The van der Waals surface area contributed by atoms with Gasteiger partial charge in [-0.2, -0.15) is 0 Å². The van der Waals surface area contributed by atoms with Gasteiger partial charge in [0.15, 0.2) is 0 Å². The van der Waals surface area contributed by atoms with Crippen LogP contribution in [0.2, 0.25) is 0 Å². The van der Waals surface area contributed by atoms with Gasteiger partial charge in [0, 0.05) is 17.8 Å². The van der Waals surface area contributed by atoms with E-state index in [0.717, 1.165) is 17.0 Å². The van der Waals surface area contributed by atoms with E-state index in [4.69, 9.17) is 9.47 Å². The molecule has 2 atom stereocenters. The number of methoxy groups -OCH3 is 2. The summed E-state index contributed by atoms with van der Waals surface area (Å²) in [6.07, 6.45) is 0.781. The summed E-state index contributed by atoms with van der Waals surface area (Å²) in [4.78, 5) is 28.2. The molecule has 0 aromatic heterocycles. The van der Waals surface area contributed by atoms with Crippen molar-refractivity contribution in [2.24, 2.45) is 5.92 Å². The van der Waals surface area contributed by atoms with Gasteiger partial charge < -0.3 is 19.7 Å². The predicted molar refractivity (Wildman–Crippen MR) is 124 cm³/mol. The summed E-state index contributed by atoms with van der Waals surface area (Å²) in [6, 6.07) is 23.9. The fourth-order valence-corrected chi connectivity index (χ4v) is 4.16. The lowest BCUT2D eigenvalue weighted by Gasteiger charge is -2.41. The Balaban J connectivity index is 1.68. The van der Waals surface area contributed by atoms with E-state index in [0.29, 0.717) is 24.3 Å². The molecule has 1 heterocycles. The Morgan fingerprint density at radius 1 is 0.875 bits per heavy atom. The highest BCUT2D eigenvalue weighted by Gasteiger charge is 2.41. The molecule has 1 aliphatic rings. The molecule has 4 rings (SSSR count). The van der Waals surface area contributed by atoms with Crippen LogP contribution in [0.1, 0.15) is 24.4 Å². The quantitative estimate of drug-likeness (QED) is 0.608. The molecule has 6 heteroatoms. The zero-order chi connectivity index (χ0) is 22.5. The summed E-state index contributed by atoms with van der Waals surface area (Å²) in [5, 5.41) is 3.02. The number of nitrogens with one attached hydrogen (secondary N) is 1. The van der Waals surface area contributed by atoms with Crippen LogP contribution in [0, 0.1) is 5.92 Å². The van der Waals surface area contributed by atoms with Crippen LogP contribution in [-0.4, -0.2) is 26.0 Å². The molecular weight excluding hydrogens is 404 g/mol. The fourth-order valence-electron chi connectivity index (χ4n) is 4.16. The van der Waals surface area contributed by atoms with Gasteiger partial charge in [-0.15, -0.1) is 0 Å². The zero-order valence-electron chi connectivity index (χ0n) is 18.2. The van der Waals surface area contributed by atoms with E-state index >= 15 is 0 Å². The summed E-state index contributed by atoms with van der Waals surface area (Å²) in [5.74, 6) is 0.911. The highest BCUT2D eigenvalue weighted by molar-refractivity contribution is 6.00. The SMILES string of the molecule is COc1ccc(NC(=O)[C@H]2CCC(=O)N(c3ccc(OC)cc3)[C@H]2c2ccccc2)cc1. The Morgan fingerprint density at radius 2 is 1.47 bits per heavy atom. The monoisotopic (exact) mass is 430 g/mol. The summed E-state index contributed by atoms with van der Waals surface area (Å²) >= 11 is 0. The van der Waals surface area contributed by atoms with E-state index in [-0.39, 0.29) is 11.8 Å². The Kier molecular flexibility index (Phi) is 6.40. The number of carbonyl (C=O) groups is 2. The molecule has 1 saturated heterocycles. The minimum Gasteiger partial charge on any atom is -0.497 e. The van der Waals surface area contributed by atoms with Gasteiger partial charge in [0.1, 0.15) is 11.5 Å². The molecule has 0 unspecified atom stereocenters. The Labute approximate surface area is 187 Å². The van der Waals surface area contributed by atoms with Crippen molar-refractivity contribution in [2.45, 2.75) is 18.9 Å². The first-order valence-electron chi connectivity index (χ1n) is 10.6. The first-order valence-corrected chi connectivity index (χ1v) is 10.6. The highest BCUT2D eigenvalue weighted by Crippen LogP contribution is 2.40. The van der Waals surface area contributed by atoms with Crippen molar-refractivity contribution in [3.63, 3.8) is 0 Å². The van der Waals surface area contributed by atoms with E-state index in [1.165, 1.54) is 0 Å². The van der Waals surface area contributed by atoms with Crippen LogP contribution in [0.4, 0.5) is 11.4 Å². The Bertz CT molecular complexity index is 1070. The number of piperidine rings is 1. The van der Waals surface area contributed by atoms with E-state index in [2.05, 4.69) is 5.32 Å². The van der Waals surface area contributed by atoms with Crippen LogP contribution in [0.3, 0.4) is 0 Å². The number of ether oxygens (including phenoxy) is 2. The third-order valence-corrected chi connectivity index (χ3v) is 5.78. The standard InChI is InChI=1S/C26H26N2O4/c1-31-21-12-8-19(9-13-21)27-26(30)23-16-17-24(29)28(20-10-14-22(32-2)15-11-20)25(23)18-6-4-3-5-7-18/h3-15,23,25H,16-17H2,1-2H3,(H,27,30)/t23-,25-/m0/s1. The number of rotatable bonds is 6. The average Bonchev–Trinajstić information content (AvgIpc) is 2.85. The molecule has 164 valence electrons. The predicted octanol–water partition coefficient (Wildman–Crippen LogP) is 4.83. The lowest BCUT2D eigenvalue weighted by Crippen LogP contribution is -2.46. The van der Waals surface area contributed by atoms with E-state index in [1.54, 1.807) is 31.3 Å². The van der Waals surface area contributed by atoms with Crippen molar-refractivity contribution >= 4 is 23.2 Å². The summed E-state index contributed by atoms with van der Waals surface area (Å²) in [6.45, 7) is 0. The van der Waals surface area contributed by atoms with Gasteiger partial charge >= 0.3 is 0 Å². The van der Waals surface area contributed by atoms with Crippen molar-refractivity contribution in [2.75, 3.05) is 24.4 Å². The van der Waals surface area contributed by atoms with Crippen LogP contribution < -0.4 is 19.7 Å². The summed E-state index contributed by atoms with van der Waals surface area (Å²) < 4.78 is 10.5. The second-order valence-electron chi connectivity index (χ2n) is 7.68. The Morgan fingerprint density at radius 3 is 2.06 bits per heavy atom. The van der Waals surface area contributed by atoms with Gasteiger partial charge in [0.25, 0.3) is 0 Å². The molecule has 0 bridgehead atoms. The van der Waals surface area contributed by atoms with Crippen molar-refractivity contribution < 1.29 is 19.1 Å². The van der Waals surface area contributed by atoms with Crippen LogP contribution in [-0.2, 0) is 9.59 Å². The maximum atomic E-state index is 13.4. The molecular formula is C26H26N2O4. The lowest BCUT2D eigenvalue weighted by atomic mass is 9.83. The van der Waals surface area contributed by atoms with Crippen molar-refractivity contribution in [3.05, 3.63) is 84.4 Å². The number of anilines is 2. The zero-order valence-corrected chi connectivity index (χ0v) is 18.2. The van der Waals surface area contributed by atoms with Gasteiger partial charge in [0.2, 0.25) is 11.8 Å². The third-order valence-electron chi connectivity index (χ3n) is 5.78. The maximum absolute atomic E-state index is 13.4. The first kappa shape index (κ1) is 21.4. The number of benzene rings is 3. The van der Waals surface area contributed by atoms with E-state index in [9.17, 15) is 9.59 Å². The Hall–Kier alpha value is -3.80. The smallest absolute Gasteiger partial charge is 0.229 e. The minimum atomic E-state index is -0.413. The molecule has 2 amide bonds. The van der Waals surface area contributed by atoms with Crippen LogP contribution in [0.5, 0.6) is 11.5 Å². The second-order valence-corrected chi connectivity index (χ2v) is 7.68. The maximum Gasteiger partial charge on any atom is 0.229 e. The normalized spacial score (nSPS) is 18.2. The third kappa shape index (κ3) is 4.44. The first-order chi connectivity index (χ1) is 15.6. The molecule has 1 fully saturated rings. The van der Waals surface area contributed by atoms with Gasteiger partial charge in [-0.1, -0.05) is 30.3 Å². The van der Waals surface area contributed by atoms with Gasteiger partial charge in [0.05, 0.1) is 26.2 Å². The average molecular weight is 431 g/mol. The van der Waals surface area contributed by atoms with Gasteiger partial charge in [-0.25, -0.2) is 0 Å². The second kappa shape index (κ2) is 9.56. The molecule has 32 heavy (non-hydrogen) atoms. The fraction of sp³-hybridized carbons (Fsp3) is 0.231. The van der Waals surface area contributed by atoms with Crippen molar-refractivity contribution in [3.8, 4) is 11.5 Å². The summed E-state index contributed by atoms with van der Waals surface area (Å²) in [7, 11) is 3.21. The van der Waals surface area contributed by atoms with E-state index < -0.39 is 12.0 Å². The van der Waals surface area contributed by atoms with Crippen LogP contribution >= 0.6 is 0 Å². The van der Waals surface area contributed by atoms with Gasteiger partial charge in [-0.05, 0) is 60.5 Å². The number of amides is 2. The van der Waals surface area contributed by atoms with Crippen LogP contribution in [0.25, 0.3) is 0 Å². The van der Waals surface area contributed by atoms with Crippen molar-refractivity contribution in [1.82, 2.24) is 0 Å². The molecule has 3 aromatic carbocycles. The molecule has 0 radical (unpaired) electrons. The van der Waals surface area contributed by atoms with Crippen molar-refractivity contribution in [1.29, 1.82) is 0 Å². The number of hydrogen-bond donors (Lipinski definition) is 1. The van der Waals surface area contributed by atoms with Gasteiger partial charge in [-0.3, -0.25) is 9.59 Å². The topological polar surface area (TPSA) is 67.9 Å². The molecule has 0 spiro atoms. The lowest BCUT2D eigenvalue weighted by molar-refractivity contribution is -0.125. The molecule has 1 aliphatic heterocycles. The number of carbonyl (C=O) groups excluding carboxylic acids is 2. The molecule has 0 aliphatic carbocycles. The molecule has 3 aromatic rings. The number of hydrogen-bond acceptors (Lipinski definition) is 4. The number of nitrogens with zero attached hydrogens (tertiary/aromatic N) is 1. The minimum absolute atomic E-state index is 0.00230.